The summed E-state index contributed by atoms with van der Waals surface area (Å²) in [5.74, 6) is -0.131. The van der Waals surface area contributed by atoms with Crippen LogP contribution in [0.1, 0.15) is 5.56 Å². The zero-order valence-electron chi connectivity index (χ0n) is 10.2. The second kappa shape index (κ2) is 6.46. The van der Waals surface area contributed by atoms with Crippen molar-refractivity contribution in [3.63, 3.8) is 0 Å². The van der Waals surface area contributed by atoms with Gasteiger partial charge >= 0.3 is 5.97 Å². The highest BCUT2D eigenvalue weighted by molar-refractivity contribution is 6.32. The Morgan fingerprint density at radius 2 is 1.85 bits per heavy atom. The molecular formula is C15H10Cl2O3. The van der Waals surface area contributed by atoms with Crippen molar-refractivity contribution in [1.82, 2.24) is 0 Å². The Balaban J connectivity index is 2.37. The standard InChI is InChI=1S/C15H10Cl2O3/c16-11-7-5-10(6-8-15(18)19)14(9-11)20-13-4-2-1-3-12(13)17/h1-9H,(H,18,19)/b8-6+. The van der Waals surface area contributed by atoms with Gasteiger partial charge in [0.2, 0.25) is 0 Å². The number of carboxylic acid groups (broad SMARTS) is 1. The molecule has 0 spiro atoms. The highest BCUT2D eigenvalue weighted by atomic mass is 35.5. The van der Waals surface area contributed by atoms with Gasteiger partial charge in [-0.2, -0.15) is 0 Å². The first-order valence-electron chi connectivity index (χ1n) is 5.69. The maximum Gasteiger partial charge on any atom is 0.328 e. The smallest absolute Gasteiger partial charge is 0.328 e. The van der Waals surface area contributed by atoms with Crippen LogP contribution in [0.2, 0.25) is 10.0 Å². The zero-order valence-corrected chi connectivity index (χ0v) is 11.7. The predicted octanol–water partition coefficient (Wildman–Crippen LogP) is 4.88. The number of rotatable bonds is 4. The Morgan fingerprint density at radius 1 is 1.10 bits per heavy atom. The van der Waals surface area contributed by atoms with Crippen molar-refractivity contribution in [2.45, 2.75) is 0 Å². The summed E-state index contributed by atoms with van der Waals surface area (Å²) in [6.07, 6.45) is 2.47. The van der Waals surface area contributed by atoms with Crippen molar-refractivity contribution >= 4 is 35.2 Å². The van der Waals surface area contributed by atoms with E-state index in [0.29, 0.717) is 27.1 Å². The Hall–Kier alpha value is -1.97. The lowest BCUT2D eigenvalue weighted by Crippen LogP contribution is -1.90. The third kappa shape index (κ3) is 3.76. The number of ether oxygens (including phenoxy) is 1. The first-order valence-corrected chi connectivity index (χ1v) is 6.45. The molecule has 0 heterocycles. The molecule has 0 aromatic heterocycles. The summed E-state index contributed by atoms with van der Waals surface area (Å²) in [5.41, 5.74) is 0.594. The van der Waals surface area contributed by atoms with Crippen molar-refractivity contribution in [3.05, 3.63) is 64.1 Å². The van der Waals surface area contributed by atoms with E-state index in [0.717, 1.165) is 6.08 Å². The topological polar surface area (TPSA) is 46.5 Å². The van der Waals surface area contributed by atoms with E-state index in [1.54, 1.807) is 42.5 Å². The minimum atomic E-state index is -1.04. The average Bonchev–Trinajstić information content (AvgIpc) is 2.40. The molecule has 0 bridgehead atoms. The molecule has 2 aromatic carbocycles. The van der Waals surface area contributed by atoms with E-state index in [2.05, 4.69) is 0 Å². The van der Waals surface area contributed by atoms with Gasteiger partial charge in [-0.1, -0.05) is 35.3 Å². The molecule has 0 aliphatic rings. The van der Waals surface area contributed by atoms with Crippen LogP contribution in [0.5, 0.6) is 11.5 Å². The minimum Gasteiger partial charge on any atom is -0.478 e. The van der Waals surface area contributed by atoms with Crippen LogP contribution in [-0.2, 0) is 4.79 Å². The van der Waals surface area contributed by atoms with Crippen LogP contribution in [0, 0.1) is 0 Å². The lowest BCUT2D eigenvalue weighted by atomic mass is 10.2. The van der Waals surface area contributed by atoms with Gasteiger partial charge in [-0.3, -0.25) is 0 Å². The fourth-order valence-electron chi connectivity index (χ4n) is 1.54. The monoisotopic (exact) mass is 308 g/mol. The summed E-state index contributed by atoms with van der Waals surface area (Å²) >= 11 is 12.0. The Morgan fingerprint density at radius 3 is 2.55 bits per heavy atom. The molecule has 0 aliphatic carbocycles. The van der Waals surface area contributed by atoms with Crippen LogP contribution >= 0.6 is 23.2 Å². The van der Waals surface area contributed by atoms with Crippen molar-refractivity contribution in [2.24, 2.45) is 0 Å². The third-order valence-corrected chi connectivity index (χ3v) is 2.98. The van der Waals surface area contributed by atoms with Gasteiger partial charge in [0.1, 0.15) is 11.5 Å². The molecule has 0 unspecified atom stereocenters. The van der Waals surface area contributed by atoms with Crippen LogP contribution < -0.4 is 4.74 Å². The summed E-state index contributed by atoms with van der Waals surface area (Å²) in [6.45, 7) is 0. The fourth-order valence-corrected chi connectivity index (χ4v) is 1.88. The molecule has 0 saturated heterocycles. The van der Waals surface area contributed by atoms with Crippen LogP contribution in [-0.4, -0.2) is 11.1 Å². The first-order chi connectivity index (χ1) is 9.56. The molecule has 0 atom stereocenters. The second-order valence-electron chi connectivity index (χ2n) is 3.89. The normalized spacial score (nSPS) is 10.7. The van der Waals surface area contributed by atoms with Crippen LogP contribution in [0.3, 0.4) is 0 Å². The van der Waals surface area contributed by atoms with E-state index in [1.807, 2.05) is 0 Å². The number of carbonyl (C=O) groups is 1. The molecule has 2 aromatic rings. The quantitative estimate of drug-likeness (QED) is 0.818. The highest BCUT2D eigenvalue weighted by Crippen LogP contribution is 2.33. The molecule has 0 amide bonds. The van der Waals surface area contributed by atoms with E-state index in [1.165, 1.54) is 6.08 Å². The van der Waals surface area contributed by atoms with E-state index < -0.39 is 5.97 Å². The van der Waals surface area contributed by atoms with E-state index in [9.17, 15) is 4.79 Å². The number of halogens is 2. The van der Waals surface area contributed by atoms with Gasteiger partial charge in [0, 0.05) is 22.7 Å². The van der Waals surface area contributed by atoms with Gasteiger partial charge in [-0.25, -0.2) is 4.79 Å². The van der Waals surface area contributed by atoms with Crippen molar-refractivity contribution in [3.8, 4) is 11.5 Å². The number of aliphatic carboxylic acids is 1. The molecule has 20 heavy (non-hydrogen) atoms. The maximum absolute atomic E-state index is 10.6. The number of hydrogen-bond donors (Lipinski definition) is 1. The highest BCUT2D eigenvalue weighted by Gasteiger charge is 2.07. The average molecular weight is 309 g/mol. The third-order valence-electron chi connectivity index (χ3n) is 2.44. The van der Waals surface area contributed by atoms with Gasteiger partial charge in [0.15, 0.2) is 0 Å². The molecule has 0 fully saturated rings. The minimum absolute atomic E-state index is 0.433. The lowest BCUT2D eigenvalue weighted by Gasteiger charge is -2.10. The molecule has 2 rings (SSSR count). The number of carboxylic acids is 1. The molecule has 0 aliphatic heterocycles. The van der Waals surface area contributed by atoms with Crippen molar-refractivity contribution in [1.29, 1.82) is 0 Å². The van der Waals surface area contributed by atoms with Gasteiger partial charge in [0.05, 0.1) is 5.02 Å². The summed E-state index contributed by atoms with van der Waals surface area (Å²) in [4.78, 5) is 10.6. The van der Waals surface area contributed by atoms with Gasteiger partial charge < -0.3 is 9.84 Å². The number of hydrogen-bond acceptors (Lipinski definition) is 2. The molecule has 3 nitrogen and oxygen atoms in total. The number of benzene rings is 2. The molecule has 0 radical (unpaired) electrons. The molecule has 1 N–H and O–H groups in total. The largest absolute Gasteiger partial charge is 0.478 e. The van der Waals surface area contributed by atoms with Gasteiger partial charge in [-0.05, 0) is 30.3 Å². The predicted molar refractivity (Wildman–Crippen MR) is 79.6 cm³/mol. The lowest BCUT2D eigenvalue weighted by molar-refractivity contribution is -0.131. The van der Waals surface area contributed by atoms with E-state index >= 15 is 0 Å². The van der Waals surface area contributed by atoms with Crippen molar-refractivity contribution in [2.75, 3.05) is 0 Å². The summed E-state index contributed by atoms with van der Waals surface area (Å²) in [5, 5.41) is 9.62. The maximum atomic E-state index is 10.6. The summed E-state index contributed by atoms with van der Waals surface area (Å²) in [7, 11) is 0. The van der Waals surface area contributed by atoms with Crippen molar-refractivity contribution < 1.29 is 14.6 Å². The van der Waals surface area contributed by atoms with Gasteiger partial charge in [0.25, 0.3) is 0 Å². The SMILES string of the molecule is O=C(O)/C=C/c1ccc(Cl)cc1Oc1ccccc1Cl. The molecule has 0 saturated carbocycles. The van der Waals surface area contributed by atoms with E-state index in [-0.39, 0.29) is 0 Å². The zero-order chi connectivity index (χ0) is 14.5. The van der Waals surface area contributed by atoms with Crippen LogP contribution in [0.15, 0.2) is 48.5 Å². The van der Waals surface area contributed by atoms with E-state index in [4.69, 9.17) is 33.0 Å². The Bertz CT molecular complexity index is 666. The summed E-state index contributed by atoms with van der Waals surface area (Å²) < 4.78 is 5.69. The number of para-hydroxylation sites is 1. The Labute approximate surface area is 126 Å². The molecule has 5 heteroatoms. The Kier molecular flexibility index (Phi) is 4.66. The molecule has 102 valence electrons. The first kappa shape index (κ1) is 14.4. The molecular weight excluding hydrogens is 299 g/mol. The van der Waals surface area contributed by atoms with Crippen LogP contribution in [0.25, 0.3) is 6.08 Å². The van der Waals surface area contributed by atoms with Crippen LogP contribution in [0.4, 0.5) is 0 Å². The summed E-state index contributed by atoms with van der Waals surface area (Å²) in [6, 6.07) is 11.9. The fraction of sp³-hybridized carbons (Fsp3) is 0. The second-order valence-corrected chi connectivity index (χ2v) is 4.73. The van der Waals surface area contributed by atoms with Gasteiger partial charge in [-0.15, -0.1) is 0 Å².